The molecule has 1 heterocycles. The minimum Gasteiger partial charge on any atom is -0.339 e. The van der Waals surface area contributed by atoms with Crippen LogP contribution in [-0.4, -0.2) is 16.0 Å². The maximum atomic E-state index is 12.1. The van der Waals surface area contributed by atoms with Gasteiger partial charge in [-0.2, -0.15) is 4.98 Å². The highest BCUT2D eigenvalue weighted by Gasteiger charge is 2.12. The van der Waals surface area contributed by atoms with Crippen molar-refractivity contribution in [2.45, 2.75) is 26.7 Å². The summed E-state index contributed by atoms with van der Waals surface area (Å²) in [6.45, 7) is 3.91. The van der Waals surface area contributed by atoms with E-state index in [1.165, 1.54) is 0 Å². The Hall–Kier alpha value is -2.66. The zero-order valence-corrected chi connectivity index (χ0v) is 14.8. The van der Waals surface area contributed by atoms with Crippen molar-refractivity contribution in [3.8, 4) is 11.4 Å². The highest BCUT2D eigenvalue weighted by molar-refractivity contribution is 6.31. The normalized spacial score (nSPS) is 10.7. The lowest BCUT2D eigenvalue weighted by molar-refractivity contribution is -0.116. The van der Waals surface area contributed by atoms with Gasteiger partial charge in [0, 0.05) is 29.1 Å². The molecule has 1 amide bonds. The van der Waals surface area contributed by atoms with Crippen LogP contribution in [0.5, 0.6) is 0 Å². The van der Waals surface area contributed by atoms with Crippen LogP contribution in [0.2, 0.25) is 5.02 Å². The number of hydrogen-bond donors (Lipinski definition) is 1. The lowest BCUT2D eigenvalue weighted by atomic mass is 10.1. The largest absolute Gasteiger partial charge is 0.339 e. The van der Waals surface area contributed by atoms with Gasteiger partial charge in [-0.25, -0.2) is 0 Å². The number of halogens is 1. The van der Waals surface area contributed by atoms with Crippen molar-refractivity contribution in [1.29, 1.82) is 0 Å². The van der Waals surface area contributed by atoms with E-state index in [1.807, 2.05) is 44.2 Å². The highest BCUT2D eigenvalue weighted by atomic mass is 35.5. The first-order chi connectivity index (χ1) is 12.0. The Kier molecular flexibility index (Phi) is 5.14. The molecule has 1 N–H and O–H groups in total. The number of nitrogens with zero attached hydrogens (tertiary/aromatic N) is 2. The molecule has 5 nitrogen and oxygen atoms in total. The third-order valence-electron chi connectivity index (χ3n) is 3.89. The van der Waals surface area contributed by atoms with Crippen LogP contribution in [-0.2, 0) is 11.2 Å². The molecule has 0 aliphatic rings. The second-order valence-corrected chi connectivity index (χ2v) is 6.27. The number of carbonyl (C=O) groups is 1. The van der Waals surface area contributed by atoms with Crippen molar-refractivity contribution in [2.24, 2.45) is 0 Å². The summed E-state index contributed by atoms with van der Waals surface area (Å²) < 4.78 is 5.26. The minimum absolute atomic E-state index is 0.124. The quantitative estimate of drug-likeness (QED) is 0.727. The van der Waals surface area contributed by atoms with E-state index in [0.717, 1.165) is 16.7 Å². The van der Waals surface area contributed by atoms with Crippen LogP contribution in [0.15, 0.2) is 47.0 Å². The second-order valence-electron chi connectivity index (χ2n) is 5.83. The molecule has 0 radical (unpaired) electrons. The number of carbonyl (C=O) groups excluding carboxylic acids is 1. The maximum Gasteiger partial charge on any atom is 0.227 e. The summed E-state index contributed by atoms with van der Waals surface area (Å²) in [5.41, 5.74) is 3.67. The van der Waals surface area contributed by atoms with Gasteiger partial charge in [-0.05, 0) is 37.1 Å². The summed E-state index contributed by atoms with van der Waals surface area (Å²) in [5, 5.41) is 7.44. The molecule has 25 heavy (non-hydrogen) atoms. The topological polar surface area (TPSA) is 68.0 Å². The van der Waals surface area contributed by atoms with Crippen LogP contribution in [0.3, 0.4) is 0 Å². The van der Waals surface area contributed by atoms with Crippen LogP contribution < -0.4 is 5.32 Å². The van der Waals surface area contributed by atoms with Gasteiger partial charge in [-0.15, -0.1) is 0 Å². The summed E-state index contributed by atoms with van der Waals surface area (Å²) in [4.78, 5) is 16.5. The molecule has 0 aliphatic carbocycles. The molecule has 3 rings (SSSR count). The first-order valence-corrected chi connectivity index (χ1v) is 8.35. The third-order valence-corrected chi connectivity index (χ3v) is 4.13. The zero-order chi connectivity index (χ0) is 17.8. The molecule has 0 spiro atoms. The van der Waals surface area contributed by atoms with E-state index >= 15 is 0 Å². The van der Waals surface area contributed by atoms with E-state index in [2.05, 4.69) is 15.5 Å². The molecule has 1 aromatic heterocycles. The monoisotopic (exact) mass is 355 g/mol. The van der Waals surface area contributed by atoms with Gasteiger partial charge in [0.2, 0.25) is 17.6 Å². The zero-order valence-electron chi connectivity index (χ0n) is 14.0. The number of hydrogen-bond acceptors (Lipinski definition) is 4. The molecule has 0 saturated heterocycles. The van der Waals surface area contributed by atoms with Crippen LogP contribution in [0, 0.1) is 13.8 Å². The van der Waals surface area contributed by atoms with E-state index in [0.29, 0.717) is 28.8 Å². The lowest BCUT2D eigenvalue weighted by Crippen LogP contribution is -2.13. The van der Waals surface area contributed by atoms with Gasteiger partial charge in [0.05, 0.1) is 0 Å². The molecule has 0 fully saturated rings. The smallest absolute Gasteiger partial charge is 0.227 e. The Bertz CT molecular complexity index is 905. The summed E-state index contributed by atoms with van der Waals surface area (Å²) in [6.07, 6.45) is 0.631. The van der Waals surface area contributed by atoms with Gasteiger partial charge in [-0.3, -0.25) is 4.79 Å². The average Bonchev–Trinajstić information content (AvgIpc) is 3.05. The van der Waals surface area contributed by atoms with Gasteiger partial charge in [0.25, 0.3) is 0 Å². The number of benzene rings is 2. The van der Waals surface area contributed by atoms with Crippen molar-refractivity contribution < 1.29 is 9.32 Å². The third kappa shape index (κ3) is 4.25. The number of anilines is 1. The summed E-state index contributed by atoms with van der Waals surface area (Å²) in [7, 11) is 0. The molecule has 2 aromatic carbocycles. The lowest BCUT2D eigenvalue weighted by Gasteiger charge is -2.08. The Morgan fingerprint density at radius 1 is 1.16 bits per heavy atom. The number of nitrogens with one attached hydrogen (secondary N) is 1. The maximum absolute atomic E-state index is 12.1. The molecule has 128 valence electrons. The van der Waals surface area contributed by atoms with E-state index in [4.69, 9.17) is 16.1 Å². The van der Waals surface area contributed by atoms with Gasteiger partial charge in [0.1, 0.15) is 0 Å². The minimum atomic E-state index is -0.124. The van der Waals surface area contributed by atoms with Crippen molar-refractivity contribution in [3.05, 3.63) is 64.5 Å². The molecule has 0 atom stereocenters. The fraction of sp³-hybridized carbons (Fsp3) is 0.211. The average molecular weight is 356 g/mol. The van der Waals surface area contributed by atoms with E-state index in [9.17, 15) is 4.79 Å². The van der Waals surface area contributed by atoms with Crippen molar-refractivity contribution in [1.82, 2.24) is 10.1 Å². The second kappa shape index (κ2) is 7.49. The highest BCUT2D eigenvalue weighted by Crippen LogP contribution is 2.21. The molecule has 0 bridgehead atoms. The SMILES string of the molecule is Cc1ccc(Cl)cc1NC(=O)CCc1nc(-c2ccccc2C)no1. The fourth-order valence-electron chi connectivity index (χ4n) is 2.45. The summed E-state index contributed by atoms with van der Waals surface area (Å²) >= 11 is 5.96. The van der Waals surface area contributed by atoms with Gasteiger partial charge in [-0.1, -0.05) is 47.1 Å². The van der Waals surface area contributed by atoms with Crippen molar-refractivity contribution in [3.63, 3.8) is 0 Å². The number of amides is 1. The number of aromatic nitrogens is 2. The molecule has 0 saturated carbocycles. The van der Waals surface area contributed by atoms with Crippen LogP contribution in [0.4, 0.5) is 5.69 Å². The molecular weight excluding hydrogens is 338 g/mol. The number of aryl methyl sites for hydroxylation is 3. The molecule has 0 aliphatic heterocycles. The fourth-order valence-corrected chi connectivity index (χ4v) is 2.62. The summed E-state index contributed by atoms with van der Waals surface area (Å²) in [6, 6.07) is 13.2. The predicted molar refractivity (Wildman–Crippen MR) is 97.6 cm³/mol. The Labute approximate surface area is 151 Å². The molecule has 6 heteroatoms. The summed E-state index contributed by atoms with van der Waals surface area (Å²) in [5.74, 6) is 0.858. The van der Waals surface area contributed by atoms with Gasteiger partial charge < -0.3 is 9.84 Å². The first-order valence-electron chi connectivity index (χ1n) is 7.97. The van der Waals surface area contributed by atoms with Crippen molar-refractivity contribution >= 4 is 23.2 Å². The molecule has 3 aromatic rings. The van der Waals surface area contributed by atoms with Crippen molar-refractivity contribution in [2.75, 3.05) is 5.32 Å². The van der Waals surface area contributed by atoms with E-state index in [-0.39, 0.29) is 12.3 Å². The van der Waals surface area contributed by atoms with Gasteiger partial charge >= 0.3 is 0 Å². The Morgan fingerprint density at radius 2 is 1.96 bits per heavy atom. The van der Waals surface area contributed by atoms with E-state index in [1.54, 1.807) is 12.1 Å². The number of rotatable bonds is 5. The van der Waals surface area contributed by atoms with Crippen LogP contribution >= 0.6 is 11.6 Å². The molecular formula is C19H18ClN3O2. The molecule has 0 unspecified atom stereocenters. The predicted octanol–water partition coefficient (Wildman–Crippen LogP) is 4.58. The Balaban J connectivity index is 1.61. The van der Waals surface area contributed by atoms with Gasteiger partial charge in [0.15, 0.2) is 0 Å². The Morgan fingerprint density at radius 3 is 2.76 bits per heavy atom. The standard InChI is InChI=1S/C19H18ClN3O2/c1-12-5-3-4-6-15(12)19-22-18(25-23-19)10-9-17(24)21-16-11-14(20)8-7-13(16)2/h3-8,11H,9-10H2,1-2H3,(H,21,24). The van der Waals surface area contributed by atoms with Crippen LogP contribution in [0.25, 0.3) is 11.4 Å². The first kappa shape index (κ1) is 17.2. The van der Waals surface area contributed by atoms with E-state index < -0.39 is 0 Å². The van der Waals surface area contributed by atoms with Crippen LogP contribution in [0.1, 0.15) is 23.4 Å².